The standard InChI is InChI=1S/C18H16ClNO4/c1-23-14-8-9-16(15(11-14)18(22)24-2)20-17(21)10-5-12-3-6-13(19)7-4-12/h3-11H,1-2H3,(H,20,21)/b10-5+. The number of carbonyl (C=O) groups is 2. The first-order chi connectivity index (χ1) is 11.5. The number of halogens is 1. The van der Waals surface area contributed by atoms with E-state index >= 15 is 0 Å². The van der Waals surface area contributed by atoms with Crippen LogP contribution in [0.15, 0.2) is 48.5 Å². The maximum Gasteiger partial charge on any atom is 0.340 e. The van der Waals surface area contributed by atoms with Crippen LogP contribution in [0.5, 0.6) is 5.75 Å². The zero-order valence-corrected chi connectivity index (χ0v) is 14.0. The largest absolute Gasteiger partial charge is 0.497 e. The van der Waals surface area contributed by atoms with Gasteiger partial charge in [0.05, 0.1) is 25.5 Å². The molecule has 0 aliphatic heterocycles. The number of hydrogen-bond donors (Lipinski definition) is 1. The number of amides is 1. The van der Waals surface area contributed by atoms with Crippen molar-refractivity contribution in [1.29, 1.82) is 0 Å². The Morgan fingerprint density at radius 2 is 1.79 bits per heavy atom. The van der Waals surface area contributed by atoms with Crippen LogP contribution in [-0.4, -0.2) is 26.1 Å². The highest BCUT2D eigenvalue weighted by Gasteiger charge is 2.14. The fourth-order valence-corrected chi connectivity index (χ4v) is 2.08. The van der Waals surface area contributed by atoms with E-state index in [2.05, 4.69) is 5.32 Å². The molecule has 124 valence electrons. The van der Waals surface area contributed by atoms with Crippen LogP contribution in [0.1, 0.15) is 15.9 Å². The molecule has 1 N–H and O–H groups in total. The molecule has 0 heterocycles. The molecule has 5 nitrogen and oxygen atoms in total. The molecule has 6 heteroatoms. The molecule has 2 aromatic carbocycles. The molecule has 0 saturated heterocycles. The molecule has 2 rings (SSSR count). The Kier molecular flexibility index (Phi) is 5.98. The van der Waals surface area contributed by atoms with Crippen molar-refractivity contribution in [2.75, 3.05) is 19.5 Å². The summed E-state index contributed by atoms with van der Waals surface area (Å²) in [6, 6.07) is 11.8. The number of anilines is 1. The topological polar surface area (TPSA) is 64.6 Å². The fourth-order valence-electron chi connectivity index (χ4n) is 1.96. The number of esters is 1. The second-order valence-electron chi connectivity index (χ2n) is 4.78. The molecule has 0 bridgehead atoms. The van der Waals surface area contributed by atoms with Crippen LogP contribution in [0.25, 0.3) is 6.08 Å². The molecule has 0 spiro atoms. The van der Waals surface area contributed by atoms with Gasteiger partial charge >= 0.3 is 5.97 Å². The third-order valence-corrected chi connectivity index (χ3v) is 3.44. The van der Waals surface area contributed by atoms with Gasteiger partial charge in [0.25, 0.3) is 0 Å². The molecule has 1 amide bonds. The van der Waals surface area contributed by atoms with Gasteiger partial charge in [-0.15, -0.1) is 0 Å². The van der Waals surface area contributed by atoms with E-state index in [-0.39, 0.29) is 11.5 Å². The first kappa shape index (κ1) is 17.6. The summed E-state index contributed by atoms with van der Waals surface area (Å²) >= 11 is 5.81. The van der Waals surface area contributed by atoms with E-state index < -0.39 is 5.97 Å². The van der Waals surface area contributed by atoms with Crippen molar-refractivity contribution in [3.05, 3.63) is 64.7 Å². The van der Waals surface area contributed by atoms with Crippen molar-refractivity contribution >= 4 is 35.2 Å². The van der Waals surface area contributed by atoms with Gasteiger partial charge in [-0.2, -0.15) is 0 Å². The van der Waals surface area contributed by atoms with E-state index in [0.717, 1.165) is 5.56 Å². The lowest BCUT2D eigenvalue weighted by Gasteiger charge is -2.10. The van der Waals surface area contributed by atoms with Gasteiger partial charge in [-0.25, -0.2) is 4.79 Å². The molecular weight excluding hydrogens is 330 g/mol. The third kappa shape index (κ3) is 4.60. The quantitative estimate of drug-likeness (QED) is 0.661. The summed E-state index contributed by atoms with van der Waals surface area (Å²) in [4.78, 5) is 23.9. The number of hydrogen-bond acceptors (Lipinski definition) is 4. The maximum atomic E-state index is 12.1. The minimum atomic E-state index is -0.564. The number of carbonyl (C=O) groups excluding carboxylic acids is 2. The second kappa shape index (κ2) is 8.17. The van der Waals surface area contributed by atoms with Crippen LogP contribution in [0.4, 0.5) is 5.69 Å². The maximum absolute atomic E-state index is 12.1. The van der Waals surface area contributed by atoms with Crippen molar-refractivity contribution in [2.24, 2.45) is 0 Å². The average Bonchev–Trinajstić information content (AvgIpc) is 2.61. The second-order valence-corrected chi connectivity index (χ2v) is 5.21. The van der Waals surface area contributed by atoms with E-state index in [4.69, 9.17) is 21.1 Å². The lowest BCUT2D eigenvalue weighted by atomic mass is 10.1. The Balaban J connectivity index is 2.16. The van der Waals surface area contributed by atoms with Crippen LogP contribution < -0.4 is 10.1 Å². The Morgan fingerprint density at radius 1 is 1.08 bits per heavy atom. The summed E-state index contributed by atoms with van der Waals surface area (Å²) in [6.07, 6.45) is 3.02. The number of benzene rings is 2. The van der Waals surface area contributed by atoms with Crippen molar-refractivity contribution in [1.82, 2.24) is 0 Å². The van der Waals surface area contributed by atoms with E-state index in [1.54, 1.807) is 42.5 Å². The normalized spacial score (nSPS) is 10.5. The zero-order chi connectivity index (χ0) is 17.5. The van der Waals surface area contributed by atoms with Gasteiger partial charge in [0.15, 0.2) is 0 Å². The predicted octanol–water partition coefficient (Wildman–Crippen LogP) is 3.79. The number of nitrogens with one attached hydrogen (secondary N) is 1. The van der Waals surface area contributed by atoms with Crippen LogP contribution in [0.2, 0.25) is 5.02 Å². The molecule has 0 radical (unpaired) electrons. The molecule has 0 aromatic heterocycles. The summed E-state index contributed by atoms with van der Waals surface area (Å²) in [6.45, 7) is 0. The molecular formula is C18H16ClNO4. The van der Waals surface area contributed by atoms with Gasteiger partial charge in [-0.3, -0.25) is 4.79 Å². The molecule has 0 saturated carbocycles. The summed E-state index contributed by atoms with van der Waals surface area (Å²) < 4.78 is 9.80. The fraction of sp³-hybridized carbons (Fsp3) is 0.111. The first-order valence-electron chi connectivity index (χ1n) is 7.04. The summed E-state index contributed by atoms with van der Waals surface area (Å²) in [5, 5.41) is 3.27. The molecule has 0 atom stereocenters. The van der Waals surface area contributed by atoms with Crippen LogP contribution >= 0.6 is 11.6 Å². The Bertz CT molecular complexity index is 769. The predicted molar refractivity (Wildman–Crippen MR) is 93.4 cm³/mol. The van der Waals surface area contributed by atoms with E-state index in [0.29, 0.717) is 16.5 Å². The van der Waals surface area contributed by atoms with Crippen molar-refractivity contribution in [3.8, 4) is 5.75 Å². The third-order valence-electron chi connectivity index (χ3n) is 3.19. The van der Waals surface area contributed by atoms with Gasteiger partial charge in [-0.1, -0.05) is 23.7 Å². The summed E-state index contributed by atoms with van der Waals surface area (Å²) in [5.41, 5.74) is 1.39. The highest BCUT2D eigenvalue weighted by atomic mass is 35.5. The average molecular weight is 346 g/mol. The minimum absolute atomic E-state index is 0.213. The van der Waals surface area contributed by atoms with E-state index in [1.165, 1.54) is 26.4 Å². The Hall–Kier alpha value is -2.79. The van der Waals surface area contributed by atoms with Gasteiger partial charge in [-0.05, 0) is 42.0 Å². The Morgan fingerprint density at radius 3 is 2.42 bits per heavy atom. The van der Waals surface area contributed by atoms with Crippen LogP contribution in [-0.2, 0) is 9.53 Å². The van der Waals surface area contributed by atoms with E-state index in [1.807, 2.05) is 0 Å². The molecule has 24 heavy (non-hydrogen) atoms. The lowest BCUT2D eigenvalue weighted by Crippen LogP contribution is -2.13. The minimum Gasteiger partial charge on any atom is -0.497 e. The highest BCUT2D eigenvalue weighted by molar-refractivity contribution is 6.30. The number of methoxy groups -OCH3 is 2. The SMILES string of the molecule is COC(=O)c1cc(OC)ccc1NC(=O)/C=C/c1ccc(Cl)cc1. The van der Waals surface area contributed by atoms with Gasteiger partial charge in [0, 0.05) is 11.1 Å². The number of ether oxygens (including phenoxy) is 2. The smallest absolute Gasteiger partial charge is 0.340 e. The Labute approximate surface area is 144 Å². The highest BCUT2D eigenvalue weighted by Crippen LogP contribution is 2.23. The summed E-state index contributed by atoms with van der Waals surface area (Å²) in [5.74, 6) is -0.448. The molecule has 0 aliphatic carbocycles. The van der Waals surface area contributed by atoms with Gasteiger partial charge in [0.2, 0.25) is 5.91 Å². The van der Waals surface area contributed by atoms with Crippen LogP contribution in [0.3, 0.4) is 0 Å². The first-order valence-corrected chi connectivity index (χ1v) is 7.42. The molecule has 2 aromatic rings. The van der Waals surface area contributed by atoms with Gasteiger partial charge < -0.3 is 14.8 Å². The van der Waals surface area contributed by atoms with Crippen molar-refractivity contribution in [3.63, 3.8) is 0 Å². The van der Waals surface area contributed by atoms with Crippen molar-refractivity contribution < 1.29 is 19.1 Å². The molecule has 0 fully saturated rings. The van der Waals surface area contributed by atoms with Gasteiger partial charge in [0.1, 0.15) is 5.75 Å². The summed E-state index contributed by atoms with van der Waals surface area (Å²) in [7, 11) is 2.76. The van der Waals surface area contributed by atoms with Crippen LogP contribution in [0, 0.1) is 0 Å². The molecule has 0 unspecified atom stereocenters. The van der Waals surface area contributed by atoms with E-state index in [9.17, 15) is 9.59 Å². The zero-order valence-electron chi connectivity index (χ0n) is 13.2. The van der Waals surface area contributed by atoms with Crippen molar-refractivity contribution in [2.45, 2.75) is 0 Å². The monoisotopic (exact) mass is 345 g/mol. The number of rotatable bonds is 5. The lowest BCUT2D eigenvalue weighted by molar-refractivity contribution is -0.111. The molecule has 0 aliphatic rings.